The number of rotatable bonds is 2. The number of amides is 1. The number of hydrogen-bond donors (Lipinski definition) is 1. The zero-order chi connectivity index (χ0) is 17.3. The van der Waals surface area contributed by atoms with Gasteiger partial charge in [0.25, 0.3) is 0 Å². The van der Waals surface area contributed by atoms with Gasteiger partial charge in [-0.25, -0.2) is 4.79 Å². The summed E-state index contributed by atoms with van der Waals surface area (Å²) >= 11 is 0. The van der Waals surface area contributed by atoms with Crippen molar-refractivity contribution in [3.63, 3.8) is 0 Å². The first kappa shape index (κ1) is 16.8. The van der Waals surface area contributed by atoms with E-state index in [1.165, 1.54) is 6.07 Å². The molecule has 3 rings (SSSR count). The van der Waals surface area contributed by atoms with Crippen LogP contribution < -0.4 is 4.74 Å². The molecule has 2 aliphatic heterocycles. The molecule has 1 aromatic carbocycles. The van der Waals surface area contributed by atoms with Gasteiger partial charge in [0.1, 0.15) is 12.4 Å². The number of carboxylic acids is 1. The van der Waals surface area contributed by atoms with Gasteiger partial charge in [0, 0.05) is 25.3 Å². The van der Waals surface area contributed by atoms with Crippen LogP contribution in [0.5, 0.6) is 5.75 Å². The van der Waals surface area contributed by atoms with Gasteiger partial charge in [-0.2, -0.15) is 0 Å². The highest BCUT2D eigenvalue weighted by molar-refractivity contribution is 5.88. The quantitative estimate of drug-likeness (QED) is 0.899. The van der Waals surface area contributed by atoms with Crippen molar-refractivity contribution in [1.82, 2.24) is 4.90 Å². The van der Waals surface area contributed by atoms with E-state index < -0.39 is 11.4 Å². The van der Waals surface area contributed by atoms with Gasteiger partial charge in [0.05, 0.1) is 17.0 Å². The zero-order valence-corrected chi connectivity index (χ0v) is 14.1. The van der Waals surface area contributed by atoms with Gasteiger partial charge in [-0.05, 0) is 31.9 Å². The van der Waals surface area contributed by atoms with Crippen molar-refractivity contribution in [2.75, 3.05) is 19.8 Å². The standard InChI is InChI=1S/C18H23NO5/c1-12-11-24-15-9-13(16(20)21)3-4-14(15)10-19(12)17(22)18(2)5-7-23-8-6-18/h3-4,9,12H,5-8,10-11H2,1-2H3,(H,20,21). The summed E-state index contributed by atoms with van der Waals surface area (Å²) in [4.78, 5) is 26.1. The van der Waals surface area contributed by atoms with E-state index in [1.54, 1.807) is 12.1 Å². The van der Waals surface area contributed by atoms with Crippen molar-refractivity contribution in [3.05, 3.63) is 29.3 Å². The average molecular weight is 333 g/mol. The zero-order valence-electron chi connectivity index (χ0n) is 14.1. The predicted molar refractivity (Wildman–Crippen MR) is 87.1 cm³/mol. The molecule has 1 amide bonds. The first-order valence-corrected chi connectivity index (χ1v) is 8.28. The maximum atomic E-state index is 13.1. The Hall–Kier alpha value is -2.08. The molecule has 1 saturated heterocycles. The summed E-state index contributed by atoms with van der Waals surface area (Å²) in [6.07, 6.45) is 1.45. The van der Waals surface area contributed by atoms with Crippen LogP contribution in [0.4, 0.5) is 0 Å². The Labute approximate surface area is 141 Å². The van der Waals surface area contributed by atoms with Crippen LogP contribution in [0.3, 0.4) is 0 Å². The Morgan fingerprint density at radius 3 is 2.67 bits per heavy atom. The summed E-state index contributed by atoms with van der Waals surface area (Å²) in [5.41, 5.74) is 0.629. The SMILES string of the molecule is CC1COc2cc(C(=O)O)ccc2CN1C(=O)C1(C)CCOCC1. The highest BCUT2D eigenvalue weighted by Crippen LogP contribution is 2.35. The molecule has 130 valence electrons. The van der Waals surface area contributed by atoms with Gasteiger partial charge in [0.2, 0.25) is 5.91 Å². The first-order valence-electron chi connectivity index (χ1n) is 8.28. The number of ether oxygens (including phenoxy) is 2. The van der Waals surface area contributed by atoms with E-state index in [9.17, 15) is 9.59 Å². The van der Waals surface area contributed by atoms with E-state index in [-0.39, 0.29) is 17.5 Å². The van der Waals surface area contributed by atoms with E-state index in [4.69, 9.17) is 14.6 Å². The van der Waals surface area contributed by atoms with Crippen molar-refractivity contribution < 1.29 is 24.2 Å². The Morgan fingerprint density at radius 1 is 1.29 bits per heavy atom. The van der Waals surface area contributed by atoms with E-state index in [2.05, 4.69) is 0 Å². The molecule has 1 unspecified atom stereocenters. The number of carbonyl (C=O) groups is 2. The lowest BCUT2D eigenvalue weighted by atomic mass is 9.80. The van der Waals surface area contributed by atoms with Gasteiger partial charge in [-0.1, -0.05) is 13.0 Å². The van der Waals surface area contributed by atoms with Gasteiger partial charge < -0.3 is 19.5 Å². The topological polar surface area (TPSA) is 76.1 Å². The number of benzene rings is 1. The molecule has 1 N–H and O–H groups in total. The van der Waals surface area contributed by atoms with E-state index in [0.717, 1.165) is 18.4 Å². The molecular weight excluding hydrogens is 310 g/mol. The first-order chi connectivity index (χ1) is 11.4. The number of nitrogens with zero attached hydrogens (tertiary/aromatic N) is 1. The van der Waals surface area contributed by atoms with E-state index in [1.807, 2.05) is 18.7 Å². The molecule has 0 saturated carbocycles. The number of carbonyl (C=O) groups excluding carboxylic acids is 1. The molecule has 1 fully saturated rings. The second-order valence-corrected chi connectivity index (χ2v) is 6.89. The fourth-order valence-electron chi connectivity index (χ4n) is 3.25. The van der Waals surface area contributed by atoms with Gasteiger partial charge >= 0.3 is 5.97 Å². The summed E-state index contributed by atoms with van der Waals surface area (Å²) in [6.45, 7) is 5.98. The molecule has 6 heteroatoms. The van der Waals surface area contributed by atoms with Crippen molar-refractivity contribution in [2.45, 2.75) is 39.3 Å². The van der Waals surface area contributed by atoms with Crippen molar-refractivity contribution in [3.8, 4) is 5.75 Å². The van der Waals surface area contributed by atoms with E-state index >= 15 is 0 Å². The molecule has 0 radical (unpaired) electrons. The van der Waals surface area contributed by atoms with Crippen molar-refractivity contribution in [1.29, 1.82) is 0 Å². The van der Waals surface area contributed by atoms with Crippen LogP contribution in [0.2, 0.25) is 0 Å². The fraction of sp³-hybridized carbons (Fsp3) is 0.556. The molecule has 1 atom stereocenters. The molecule has 1 aromatic rings. The molecule has 2 aliphatic rings. The number of aromatic carboxylic acids is 1. The van der Waals surface area contributed by atoms with E-state index in [0.29, 0.717) is 32.1 Å². The van der Waals surface area contributed by atoms with Crippen LogP contribution in [0, 0.1) is 5.41 Å². The minimum absolute atomic E-state index is 0.0714. The monoisotopic (exact) mass is 333 g/mol. The maximum absolute atomic E-state index is 13.1. The maximum Gasteiger partial charge on any atom is 0.335 e. The van der Waals surface area contributed by atoms with Crippen LogP contribution in [0.15, 0.2) is 18.2 Å². The van der Waals surface area contributed by atoms with Crippen LogP contribution >= 0.6 is 0 Å². The molecule has 0 aromatic heterocycles. The third-order valence-electron chi connectivity index (χ3n) is 5.04. The lowest BCUT2D eigenvalue weighted by Gasteiger charge is -2.38. The Kier molecular flexibility index (Phi) is 4.49. The summed E-state index contributed by atoms with van der Waals surface area (Å²) in [7, 11) is 0. The summed E-state index contributed by atoms with van der Waals surface area (Å²) in [5, 5.41) is 9.12. The highest BCUT2D eigenvalue weighted by atomic mass is 16.5. The van der Waals surface area contributed by atoms with Crippen LogP contribution in [-0.4, -0.2) is 47.7 Å². The van der Waals surface area contributed by atoms with Crippen molar-refractivity contribution >= 4 is 11.9 Å². The minimum Gasteiger partial charge on any atom is -0.491 e. The largest absolute Gasteiger partial charge is 0.491 e. The van der Waals surface area contributed by atoms with Gasteiger partial charge in [-0.3, -0.25) is 4.79 Å². The highest BCUT2D eigenvalue weighted by Gasteiger charge is 2.40. The Morgan fingerprint density at radius 2 is 2.00 bits per heavy atom. The fourth-order valence-corrected chi connectivity index (χ4v) is 3.25. The van der Waals surface area contributed by atoms with Crippen LogP contribution in [-0.2, 0) is 16.1 Å². The second-order valence-electron chi connectivity index (χ2n) is 6.89. The number of hydrogen-bond acceptors (Lipinski definition) is 4. The van der Waals surface area contributed by atoms with Crippen molar-refractivity contribution in [2.24, 2.45) is 5.41 Å². The molecule has 2 heterocycles. The Balaban J connectivity index is 1.86. The average Bonchev–Trinajstić information content (AvgIpc) is 2.73. The summed E-state index contributed by atoms with van der Waals surface area (Å²) in [6, 6.07) is 4.76. The Bertz CT molecular complexity index is 651. The molecule has 6 nitrogen and oxygen atoms in total. The predicted octanol–water partition coefficient (Wildman–Crippen LogP) is 2.31. The minimum atomic E-state index is -0.985. The third-order valence-corrected chi connectivity index (χ3v) is 5.04. The number of carboxylic acid groups (broad SMARTS) is 1. The normalized spacial score (nSPS) is 22.9. The molecule has 0 aliphatic carbocycles. The summed E-state index contributed by atoms with van der Waals surface area (Å²) < 4.78 is 11.2. The van der Waals surface area contributed by atoms with Gasteiger partial charge in [0.15, 0.2) is 0 Å². The second kappa shape index (κ2) is 6.43. The lowest BCUT2D eigenvalue weighted by Crippen LogP contribution is -2.49. The molecule has 24 heavy (non-hydrogen) atoms. The van der Waals surface area contributed by atoms with Gasteiger partial charge in [-0.15, -0.1) is 0 Å². The van der Waals surface area contributed by atoms with Crippen LogP contribution in [0.25, 0.3) is 0 Å². The summed E-state index contributed by atoms with van der Waals surface area (Å²) in [5.74, 6) is -0.312. The van der Waals surface area contributed by atoms with Crippen LogP contribution in [0.1, 0.15) is 42.6 Å². The smallest absolute Gasteiger partial charge is 0.335 e. The molecule has 0 spiro atoms. The third kappa shape index (κ3) is 3.11. The lowest BCUT2D eigenvalue weighted by molar-refractivity contribution is -0.149. The molecule has 0 bridgehead atoms. The molecular formula is C18H23NO5. The number of fused-ring (bicyclic) bond motifs is 1.